The summed E-state index contributed by atoms with van der Waals surface area (Å²) in [5.41, 5.74) is 2.65. The number of carbonyl (C=O) groups excluding carboxylic acids is 2. The molecule has 0 saturated heterocycles. The second kappa shape index (κ2) is 10.3. The monoisotopic (exact) mass is 418 g/mol. The predicted octanol–water partition coefficient (Wildman–Crippen LogP) is 4.64. The maximum absolute atomic E-state index is 13.1. The van der Waals surface area contributed by atoms with Gasteiger partial charge in [0.15, 0.2) is 0 Å². The van der Waals surface area contributed by atoms with Gasteiger partial charge in [0.25, 0.3) is 11.8 Å². The maximum atomic E-state index is 13.1. The highest BCUT2D eigenvalue weighted by Gasteiger charge is 2.19. The molecule has 1 aromatic heterocycles. The SMILES string of the molecule is CCC(NC(=O)/C(=C/c1ccco1)NC(=O)c1ccc(OC)cc1)c1ccc(C)cc1. The fourth-order valence-corrected chi connectivity index (χ4v) is 3.07. The minimum Gasteiger partial charge on any atom is -0.497 e. The number of nitrogens with one attached hydrogen (secondary N) is 2. The van der Waals surface area contributed by atoms with Gasteiger partial charge < -0.3 is 19.8 Å². The Kier molecular flexibility index (Phi) is 7.27. The molecule has 160 valence electrons. The summed E-state index contributed by atoms with van der Waals surface area (Å²) in [6.45, 7) is 4.01. The average Bonchev–Trinajstić information content (AvgIpc) is 3.30. The molecule has 6 nitrogen and oxygen atoms in total. The third-order valence-corrected chi connectivity index (χ3v) is 4.87. The molecule has 1 unspecified atom stereocenters. The van der Waals surface area contributed by atoms with Crippen molar-refractivity contribution in [2.75, 3.05) is 7.11 Å². The quantitative estimate of drug-likeness (QED) is 0.523. The van der Waals surface area contributed by atoms with Crippen LogP contribution in [0.25, 0.3) is 6.08 Å². The number of carbonyl (C=O) groups is 2. The highest BCUT2D eigenvalue weighted by Crippen LogP contribution is 2.18. The molecule has 3 aromatic rings. The van der Waals surface area contributed by atoms with Gasteiger partial charge in [-0.25, -0.2) is 0 Å². The Balaban J connectivity index is 1.81. The number of ether oxygens (including phenoxy) is 1. The van der Waals surface area contributed by atoms with Crippen molar-refractivity contribution in [3.05, 3.63) is 95.1 Å². The van der Waals surface area contributed by atoms with E-state index in [1.807, 2.05) is 38.1 Å². The predicted molar refractivity (Wildman–Crippen MR) is 119 cm³/mol. The second-order valence-electron chi connectivity index (χ2n) is 7.10. The van der Waals surface area contributed by atoms with Crippen molar-refractivity contribution in [3.8, 4) is 5.75 Å². The van der Waals surface area contributed by atoms with Crippen LogP contribution in [-0.4, -0.2) is 18.9 Å². The molecule has 2 amide bonds. The molecule has 1 atom stereocenters. The van der Waals surface area contributed by atoms with Gasteiger partial charge in [-0.05, 0) is 55.3 Å². The van der Waals surface area contributed by atoms with E-state index in [0.29, 0.717) is 23.5 Å². The Bertz CT molecular complexity index is 1040. The fourth-order valence-electron chi connectivity index (χ4n) is 3.07. The number of aryl methyl sites for hydroxylation is 1. The van der Waals surface area contributed by atoms with Crippen LogP contribution in [0.4, 0.5) is 0 Å². The number of rotatable bonds is 8. The molecular weight excluding hydrogens is 392 g/mol. The van der Waals surface area contributed by atoms with Crippen molar-refractivity contribution in [1.29, 1.82) is 0 Å². The lowest BCUT2D eigenvalue weighted by Gasteiger charge is -2.19. The van der Waals surface area contributed by atoms with Gasteiger partial charge in [-0.3, -0.25) is 9.59 Å². The van der Waals surface area contributed by atoms with Gasteiger partial charge in [-0.2, -0.15) is 0 Å². The molecule has 0 aliphatic carbocycles. The summed E-state index contributed by atoms with van der Waals surface area (Å²) in [6.07, 6.45) is 3.72. The van der Waals surface area contributed by atoms with Crippen LogP contribution in [0.2, 0.25) is 0 Å². The van der Waals surface area contributed by atoms with Crippen LogP contribution in [0, 0.1) is 6.92 Å². The first-order chi connectivity index (χ1) is 15.0. The van der Waals surface area contributed by atoms with Crippen molar-refractivity contribution in [2.24, 2.45) is 0 Å². The van der Waals surface area contributed by atoms with Crippen molar-refractivity contribution >= 4 is 17.9 Å². The molecule has 1 heterocycles. The Labute approximate surface area is 181 Å². The highest BCUT2D eigenvalue weighted by molar-refractivity contribution is 6.05. The van der Waals surface area contributed by atoms with Crippen molar-refractivity contribution in [2.45, 2.75) is 26.3 Å². The topological polar surface area (TPSA) is 80.6 Å². The third kappa shape index (κ3) is 5.85. The molecule has 2 N–H and O–H groups in total. The van der Waals surface area contributed by atoms with Crippen molar-refractivity contribution < 1.29 is 18.7 Å². The number of hydrogen-bond donors (Lipinski definition) is 2. The Hall–Kier alpha value is -3.80. The lowest BCUT2D eigenvalue weighted by atomic mass is 10.0. The number of amides is 2. The van der Waals surface area contributed by atoms with Gasteiger partial charge in [0, 0.05) is 11.6 Å². The van der Waals surface area contributed by atoms with Gasteiger partial charge in [0.2, 0.25) is 0 Å². The molecule has 3 rings (SSSR count). The minimum atomic E-state index is -0.404. The van der Waals surface area contributed by atoms with E-state index in [4.69, 9.17) is 9.15 Å². The van der Waals surface area contributed by atoms with Crippen LogP contribution < -0.4 is 15.4 Å². The van der Waals surface area contributed by atoms with Crippen LogP contribution in [-0.2, 0) is 4.79 Å². The first kappa shape index (κ1) is 21.9. The van der Waals surface area contributed by atoms with E-state index >= 15 is 0 Å². The molecule has 0 saturated carbocycles. The van der Waals surface area contributed by atoms with E-state index in [9.17, 15) is 9.59 Å². The average molecular weight is 418 g/mol. The van der Waals surface area contributed by atoms with Crippen molar-refractivity contribution in [1.82, 2.24) is 10.6 Å². The number of furan rings is 1. The summed E-state index contributed by atoms with van der Waals surface area (Å²) in [6, 6.07) is 17.9. The lowest BCUT2D eigenvalue weighted by molar-refractivity contribution is -0.118. The summed E-state index contributed by atoms with van der Waals surface area (Å²) in [5, 5.41) is 5.71. The molecule has 0 spiro atoms. The smallest absolute Gasteiger partial charge is 0.268 e. The van der Waals surface area contributed by atoms with Gasteiger partial charge in [0.05, 0.1) is 19.4 Å². The first-order valence-electron chi connectivity index (χ1n) is 10.1. The maximum Gasteiger partial charge on any atom is 0.268 e. The first-order valence-corrected chi connectivity index (χ1v) is 10.1. The Morgan fingerprint density at radius 3 is 2.35 bits per heavy atom. The van der Waals surface area contributed by atoms with Crippen LogP contribution in [0.5, 0.6) is 5.75 Å². The standard InChI is InChI=1S/C25H26N2O4/c1-4-22(18-9-7-17(2)8-10-18)26-25(29)23(16-21-6-5-15-31-21)27-24(28)19-11-13-20(30-3)14-12-19/h5-16,22H,4H2,1-3H3,(H,26,29)(H,27,28)/b23-16-. The fraction of sp³-hybridized carbons (Fsp3) is 0.200. The lowest BCUT2D eigenvalue weighted by Crippen LogP contribution is -2.36. The second-order valence-corrected chi connectivity index (χ2v) is 7.10. The van der Waals surface area contributed by atoms with Gasteiger partial charge >= 0.3 is 0 Å². The van der Waals surface area contributed by atoms with E-state index in [1.54, 1.807) is 43.5 Å². The Morgan fingerprint density at radius 2 is 1.77 bits per heavy atom. The van der Waals surface area contributed by atoms with E-state index < -0.39 is 11.8 Å². The van der Waals surface area contributed by atoms with Crippen LogP contribution in [0.1, 0.15) is 46.6 Å². The molecule has 0 fully saturated rings. The largest absolute Gasteiger partial charge is 0.497 e. The van der Waals surface area contributed by atoms with E-state index in [2.05, 4.69) is 10.6 Å². The summed E-state index contributed by atoms with van der Waals surface area (Å²) < 4.78 is 10.5. The van der Waals surface area contributed by atoms with Gasteiger partial charge in [-0.1, -0.05) is 36.8 Å². The van der Waals surface area contributed by atoms with Crippen LogP contribution >= 0.6 is 0 Å². The molecule has 0 aliphatic rings. The normalized spacial score (nSPS) is 12.2. The number of hydrogen-bond acceptors (Lipinski definition) is 4. The zero-order chi connectivity index (χ0) is 22.2. The third-order valence-electron chi connectivity index (χ3n) is 4.87. The molecule has 0 radical (unpaired) electrons. The van der Waals surface area contributed by atoms with Gasteiger partial charge in [-0.15, -0.1) is 0 Å². The highest BCUT2D eigenvalue weighted by atomic mass is 16.5. The summed E-state index contributed by atoms with van der Waals surface area (Å²) >= 11 is 0. The van der Waals surface area contributed by atoms with Crippen LogP contribution in [0.15, 0.2) is 77.0 Å². The summed E-state index contributed by atoms with van der Waals surface area (Å²) in [5.74, 6) is 0.303. The summed E-state index contributed by atoms with van der Waals surface area (Å²) in [4.78, 5) is 25.8. The van der Waals surface area contributed by atoms with Crippen LogP contribution in [0.3, 0.4) is 0 Å². The minimum absolute atomic E-state index is 0.0985. The number of benzene rings is 2. The zero-order valence-corrected chi connectivity index (χ0v) is 17.8. The zero-order valence-electron chi connectivity index (χ0n) is 17.8. The number of methoxy groups -OCH3 is 1. The van der Waals surface area contributed by atoms with Crippen molar-refractivity contribution in [3.63, 3.8) is 0 Å². The van der Waals surface area contributed by atoms with Gasteiger partial charge in [0.1, 0.15) is 17.2 Å². The molecule has 0 bridgehead atoms. The van der Waals surface area contributed by atoms with E-state index in [0.717, 1.165) is 11.1 Å². The van der Waals surface area contributed by atoms with E-state index in [-0.39, 0.29) is 11.7 Å². The molecule has 2 aromatic carbocycles. The molecule has 31 heavy (non-hydrogen) atoms. The molecule has 6 heteroatoms. The van der Waals surface area contributed by atoms with E-state index in [1.165, 1.54) is 12.3 Å². The molecule has 0 aliphatic heterocycles. The molecular formula is C25H26N2O4. The summed E-state index contributed by atoms with van der Waals surface area (Å²) in [7, 11) is 1.56. The Morgan fingerprint density at radius 1 is 1.06 bits per heavy atom.